The van der Waals surface area contributed by atoms with Crippen molar-refractivity contribution in [3.8, 4) is 11.5 Å². The summed E-state index contributed by atoms with van der Waals surface area (Å²) in [7, 11) is 3.14. The van der Waals surface area contributed by atoms with Crippen molar-refractivity contribution >= 4 is 28.9 Å². The average molecular weight is 335 g/mol. The molecule has 0 radical (unpaired) electrons. The molecule has 6 heteroatoms. The number of aryl methyl sites for hydroxylation is 1. The molecule has 2 aromatic carbocycles. The maximum atomic E-state index is 12.2. The number of nitrogens with two attached hydrogens (primary N) is 1. The maximum absolute atomic E-state index is 12.2. The molecule has 2 rings (SSSR count). The Bertz CT molecular complexity index is 732. The van der Waals surface area contributed by atoms with Crippen LogP contribution in [0.4, 0.5) is 11.4 Å². The van der Waals surface area contributed by atoms with E-state index in [1.807, 2.05) is 19.1 Å². The summed E-state index contributed by atoms with van der Waals surface area (Å²) >= 11 is 5.95. The second-order valence-corrected chi connectivity index (χ2v) is 5.50. The van der Waals surface area contributed by atoms with Gasteiger partial charge in [0.25, 0.3) is 0 Å². The molecule has 0 aliphatic rings. The van der Waals surface area contributed by atoms with Crippen LogP contribution in [-0.4, -0.2) is 20.1 Å². The van der Waals surface area contributed by atoms with E-state index in [9.17, 15) is 4.79 Å². The van der Waals surface area contributed by atoms with E-state index in [4.69, 9.17) is 26.8 Å². The first kappa shape index (κ1) is 17.0. The van der Waals surface area contributed by atoms with E-state index < -0.39 is 0 Å². The number of nitrogens with one attached hydrogen (secondary N) is 1. The smallest absolute Gasteiger partial charge is 0.228 e. The molecule has 0 bridgehead atoms. The number of carbonyl (C=O) groups excluding carboxylic acids is 1. The average Bonchev–Trinajstić information content (AvgIpc) is 2.52. The van der Waals surface area contributed by atoms with E-state index in [0.29, 0.717) is 27.9 Å². The van der Waals surface area contributed by atoms with E-state index in [1.54, 1.807) is 32.4 Å². The fourth-order valence-electron chi connectivity index (χ4n) is 2.20. The van der Waals surface area contributed by atoms with Gasteiger partial charge in [-0.3, -0.25) is 4.79 Å². The number of benzene rings is 2. The number of ether oxygens (including phenoxy) is 2. The number of halogens is 1. The summed E-state index contributed by atoms with van der Waals surface area (Å²) in [6, 6.07) is 8.64. The van der Waals surface area contributed by atoms with Crippen molar-refractivity contribution in [2.75, 3.05) is 25.3 Å². The van der Waals surface area contributed by atoms with Crippen molar-refractivity contribution in [3.63, 3.8) is 0 Å². The molecular weight excluding hydrogens is 316 g/mol. The molecule has 1 amide bonds. The third-order valence-corrected chi connectivity index (χ3v) is 3.80. The quantitative estimate of drug-likeness (QED) is 0.822. The van der Waals surface area contributed by atoms with Crippen LogP contribution in [0.5, 0.6) is 11.5 Å². The van der Waals surface area contributed by atoms with Crippen LogP contribution in [-0.2, 0) is 11.2 Å². The monoisotopic (exact) mass is 334 g/mol. The first-order chi connectivity index (χ1) is 10.9. The molecule has 0 aliphatic heterocycles. The normalized spacial score (nSPS) is 10.3. The lowest BCUT2D eigenvalue weighted by atomic mass is 10.0. The van der Waals surface area contributed by atoms with Crippen LogP contribution in [0.1, 0.15) is 11.1 Å². The number of rotatable bonds is 5. The minimum atomic E-state index is -0.152. The highest BCUT2D eigenvalue weighted by Gasteiger charge is 2.12. The molecule has 0 saturated heterocycles. The zero-order valence-corrected chi connectivity index (χ0v) is 14.0. The van der Waals surface area contributed by atoms with E-state index in [-0.39, 0.29) is 12.3 Å². The van der Waals surface area contributed by atoms with Crippen molar-refractivity contribution in [2.45, 2.75) is 13.3 Å². The third kappa shape index (κ3) is 4.07. The molecule has 0 atom stereocenters. The molecule has 5 nitrogen and oxygen atoms in total. The lowest BCUT2D eigenvalue weighted by molar-refractivity contribution is -0.115. The van der Waals surface area contributed by atoms with Gasteiger partial charge in [-0.05, 0) is 48.4 Å². The van der Waals surface area contributed by atoms with Crippen molar-refractivity contribution in [2.24, 2.45) is 0 Å². The van der Waals surface area contributed by atoms with E-state index in [2.05, 4.69) is 5.32 Å². The SMILES string of the molecule is COc1cc(C)c(CC(=O)Nc2ccc(N)c(Cl)c2)cc1OC. The van der Waals surface area contributed by atoms with Gasteiger partial charge in [0.15, 0.2) is 11.5 Å². The number of carbonyl (C=O) groups is 1. The number of hydrogen-bond acceptors (Lipinski definition) is 4. The Morgan fingerprint density at radius 1 is 1.17 bits per heavy atom. The highest BCUT2D eigenvalue weighted by atomic mass is 35.5. The van der Waals surface area contributed by atoms with E-state index in [0.717, 1.165) is 11.1 Å². The summed E-state index contributed by atoms with van der Waals surface area (Å²) in [5.41, 5.74) is 8.54. The zero-order chi connectivity index (χ0) is 17.0. The predicted octanol–water partition coefficient (Wildman–Crippen LogP) is 3.43. The van der Waals surface area contributed by atoms with Gasteiger partial charge in [0.2, 0.25) is 5.91 Å². The van der Waals surface area contributed by atoms with Crippen molar-refractivity contribution in [1.29, 1.82) is 0 Å². The van der Waals surface area contributed by atoms with E-state index >= 15 is 0 Å². The van der Waals surface area contributed by atoms with Gasteiger partial charge in [-0.2, -0.15) is 0 Å². The molecule has 2 aromatic rings. The topological polar surface area (TPSA) is 73.6 Å². The summed E-state index contributed by atoms with van der Waals surface area (Å²) in [6.07, 6.45) is 0.216. The molecule has 0 aliphatic carbocycles. The lowest BCUT2D eigenvalue weighted by Gasteiger charge is -2.13. The van der Waals surface area contributed by atoms with Crippen LogP contribution in [0.15, 0.2) is 30.3 Å². The summed E-state index contributed by atoms with van der Waals surface area (Å²) < 4.78 is 10.5. The number of hydrogen-bond donors (Lipinski definition) is 2. The van der Waals surface area contributed by atoms with Crippen molar-refractivity contribution < 1.29 is 14.3 Å². The zero-order valence-electron chi connectivity index (χ0n) is 13.3. The largest absolute Gasteiger partial charge is 0.493 e. The second kappa shape index (κ2) is 7.24. The summed E-state index contributed by atoms with van der Waals surface area (Å²) in [5.74, 6) is 1.08. The maximum Gasteiger partial charge on any atom is 0.228 e. The Labute approximate surface area is 140 Å². The van der Waals surface area contributed by atoms with Crippen molar-refractivity contribution in [1.82, 2.24) is 0 Å². The molecule has 3 N–H and O–H groups in total. The fraction of sp³-hybridized carbons (Fsp3) is 0.235. The Balaban J connectivity index is 2.15. The van der Waals surface area contributed by atoms with Crippen molar-refractivity contribution in [3.05, 3.63) is 46.5 Å². The molecule has 0 fully saturated rings. The van der Waals surface area contributed by atoms with Gasteiger partial charge in [-0.15, -0.1) is 0 Å². The van der Waals surface area contributed by atoms with Gasteiger partial charge in [-0.1, -0.05) is 11.6 Å². The molecule has 0 saturated carbocycles. The Hall–Kier alpha value is -2.40. The molecule has 0 spiro atoms. The highest BCUT2D eigenvalue weighted by molar-refractivity contribution is 6.33. The van der Waals surface area contributed by atoms with Gasteiger partial charge < -0.3 is 20.5 Å². The number of anilines is 2. The van der Waals surface area contributed by atoms with Crippen LogP contribution >= 0.6 is 11.6 Å². The predicted molar refractivity (Wildman–Crippen MR) is 92.5 cm³/mol. The first-order valence-corrected chi connectivity index (χ1v) is 7.38. The Morgan fingerprint density at radius 2 is 1.83 bits per heavy atom. The molecule has 23 heavy (non-hydrogen) atoms. The van der Waals surface area contributed by atoms with E-state index in [1.165, 1.54) is 0 Å². The van der Waals surface area contributed by atoms with Gasteiger partial charge in [-0.25, -0.2) is 0 Å². The van der Waals surface area contributed by atoms with Gasteiger partial charge >= 0.3 is 0 Å². The molecule has 122 valence electrons. The highest BCUT2D eigenvalue weighted by Crippen LogP contribution is 2.30. The third-order valence-electron chi connectivity index (χ3n) is 3.48. The van der Waals surface area contributed by atoms with Gasteiger partial charge in [0.1, 0.15) is 0 Å². The van der Waals surface area contributed by atoms with Gasteiger partial charge in [0.05, 0.1) is 31.4 Å². The second-order valence-electron chi connectivity index (χ2n) is 5.09. The minimum absolute atomic E-state index is 0.152. The van der Waals surface area contributed by atoms with Crippen LogP contribution in [0.3, 0.4) is 0 Å². The minimum Gasteiger partial charge on any atom is -0.493 e. The number of methoxy groups -OCH3 is 2. The van der Waals surface area contributed by atoms with Gasteiger partial charge in [0, 0.05) is 5.69 Å². The lowest BCUT2D eigenvalue weighted by Crippen LogP contribution is -2.15. The summed E-state index contributed by atoms with van der Waals surface area (Å²) in [5, 5.41) is 3.21. The summed E-state index contributed by atoms with van der Waals surface area (Å²) in [4.78, 5) is 12.2. The first-order valence-electron chi connectivity index (χ1n) is 7.01. The van der Waals surface area contributed by atoms with Crippen LogP contribution < -0.4 is 20.5 Å². The number of nitrogen functional groups attached to an aromatic ring is 1. The number of amides is 1. The van der Waals surface area contributed by atoms with Crippen LogP contribution in [0.25, 0.3) is 0 Å². The standard InChI is InChI=1S/C17H19ClN2O3/c1-10-6-15(22-2)16(23-3)7-11(10)8-17(21)20-12-4-5-14(19)13(18)9-12/h4-7,9H,8,19H2,1-3H3,(H,20,21). The Kier molecular flexibility index (Phi) is 5.34. The van der Waals surface area contributed by atoms with Crippen LogP contribution in [0, 0.1) is 6.92 Å². The fourth-order valence-corrected chi connectivity index (χ4v) is 2.38. The molecular formula is C17H19ClN2O3. The van der Waals surface area contributed by atoms with Crippen LogP contribution in [0.2, 0.25) is 5.02 Å². The molecule has 0 heterocycles. The molecule has 0 aromatic heterocycles. The molecule has 0 unspecified atom stereocenters. The summed E-state index contributed by atoms with van der Waals surface area (Å²) in [6.45, 7) is 1.92. The Morgan fingerprint density at radius 3 is 2.43 bits per heavy atom.